The molecule has 0 radical (unpaired) electrons. The van der Waals surface area contributed by atoms with Crippen molar-refractivity contribution >= 4 is 11.4 Å². The van der Waals surface area contributed by atoms with E-state index >= 15 is 0 Å². The Kier molecular flexibility index (Phi) is 2.29. The van der Waals surface area contributed by atoms with Gasteiger partial charge in [-0.25, -0.2) is 4.98 Å². The number of aromatic nitrogens is 2. The minimum atomic E-state index is 0.198. The van der Waals surface area contributed by atoms with Crippen LogP contribution in [0.5, 0.6) is 0 Å². The van der Waals surface area contributed by atoms with Gasteiger partial charge in [-0.15, -0.1) is 0 Å². The normalized spacial score (nSPS) is 12.2. The van der Waals surface area contributed by atoms with Crippen molar-refractivity contribution in [2.45, 2.75) is 13.3 Å². The molecule has 0 amide bonds. The number of hydrogen-bond acceptors (Lipinski definition) is 3. The molecule has 78 valence electrons. The lowest BCUT2D eigenvalue weighted by molar-refractivity contribution is 0.317. The van der Waals surface area contributed by atoms with Gasteiger partial charge in [-0.1, -0.05) is 11.2 Å². The molecular weight excluding hydrogens is 192 g/mol. The third-order valence-electron chi connectivity index (χ3n) is 2.32. The molecule has 0 aliphatic heterocycles. The molecule has 2 aromatic rings. The molecular formula is C10H12N4O. The molecule has 0 bridgehead atoms. The summed E-state index contributed by atoms with van der Waals surface area (Å²) < 4.78 is 1.93. The maximum absolute atomic E-state index is 8.53. The number of nitrogens with two attached hydrogens (primary N) is 1. The Morgan fingerprint density at radius 2 is 2.47 bits per heavy atom. The van der Waals surface area contributed by atoms with Crippen molar-refractivity contribution in [3.8, 4) is 0 Å². The van der Waals surface area contributed by atoms with E-state index in [1.54, 1.807) is 6.33 Å². The van der Waals surface area contributed by atoms with E-state index in [4.69, 9.17) is 10.9 Å². The lowest BCUT2D eigenvalue weighted by Gasteiger charge is -2.03. The van der Waals surface area contributed by atoms with E-state index in [1.165, 1.54) is 0 Å². The predicted octanol–water partition coefficient (Wildman–Crippen LogP) is 0.932. The van der Waals surface area contributed by atoms with Crippen molar-refractivity contribution in [2.75, 3.05) is 0 Å². The summed E-state index contributed by atoms with van der Waals surface area (Å²) in [5.74, 6) is 0.198. The Balaban J connectivity index is 2.55. The van der Waals surface area contributed by atoms with Crippen LogP contribution in [-0.2, 0) is 6.42 Å². The highest BCUT2D eigenvalue weighted by Gasteiger charge is 2.06. The van der Waals surface area contributed by atoms with E-state index < -0.39 is 0 Å². The van der Waals surface area contributed by atoms with Crippen LogP contribution in [0.15, 0.2) is 29.8 Å². The second kappa shape index (κ2) is 3.61. The minimum Gasteiger partial charge on any atom is -0.409 e. The molecule has 0 aliphatic rings. The van der Waals surface area contributed by atoms with Gasteiger partial charge in [-0.3, -0.25) is 0 Å². The molecule has 0 aromatic carbocycles. The van der Waals surface area contributed by atoms with E-state index in [0.717, 1.165) is 16.8 Å². The largest absolute Gasteiger partial charge is 0.409 e. The first-order valence-electron chi connectivity index (χ1n) is 4.60. The fourth-order valence-electron chi connectivity index (χ4n) is 1.67. The van der Waals surface area contributed by atoms with Crippen molar-refractivity contribution in [2.24, 2.45) is 10.9 Å². The molecule has 0 atom stereocenters. The monoisotopic (exact) mass is 204 g/mol. The standard InChI is InChI=1S/C10H12N4O/c1-7-10-8(5-9(11)13-15)3-2-4-14(10)6-12-7/h2-4,6,15H,5H2,1H3,(H2,11,13). The van der Waals surface area contributed by atoms with Gasteiger partial charge in [-0.05, 0) is 18.6 Å². The van der Waals surface area contributed by atoms with Gasteiger partial charge in [-0.2, -0.15) is 0 Å². The molecule has 0 unspecified atom stereocenters. The summed E-state index contributed by atoms with van der Waals surface area (Å²) in [7, 11) is 0. The van der Waals surface area contributed by atoms with E-state index in [2.05, 4.69) is 10.1 Å². The topological polar surface area (TPSA) is 75.9 Å². The van der Waals surface area contributed by atoms with Crippen LogP contribution in [0.4, 0.5) is 0 Å². The molecule has 0 saturated carbocycles. The van der Waals surface area contributed by atoms with Crippen LogP contribution < -0.4 is 5.73 Å². The van der Waals surface area contributed by atoms with Crippen LogP contribution in [0.1, 0.15) is 11.3 Å². The van der Waals surface area contributed by atoms with Gasteiger partial charge in [0, 0.05) is 12.6 Å². The van der Waals surface area contributed by atoms with E-state index in [1.807, 2.05) is 29.7 Å². The van der Waals surface area contributed by atoms with E-state index in [0.29, 0.717) is 6.42 Å². The Morgan fingerprint density at radius 3 is 3.20 bits per heavy atom. The molecule has 2 rings (SSSR count). The zero-order valence-electron chi connectivity index (χ0n) is 8.38. The average molecular weight is 204 g/mol. The first-order chi connectivity index (χ1) is 7.22. The highest BCUT2D eigenvalue weighted by molar-refractivity contribution is 5.84. The zero-order chi connectivity index (χ0) is 10.8. The maximum Gasteiger partial charge on any atom is 0.143 e. The number of rotatable bonds is 2. The predicted molar refractivity (Wildman–Crippen MR) is 57.0 cm³/mol. The summed E-state index contributed by atoms with van der Waals surface area (Å²) in [5, 5.41) is 11.5. The summed E-state index contributed by atoms with van der Waals surface area (Å²) in [5.41, 5.74) is 8.45. The first kappa shape index (κ1) is 9.51. The summed E-state index contributed by atoms with van der Waals surface area (Å²) in [6.07, 6.45) is 4.10. The van der Waals surface area contributed by atoms with Crippen LogP contribution in [0.2, 0.25) is 0 Å². The molecule has 15 heavy (non-hydrogen) atoms. The van der Waals surface area contributed by atoms with Gasteiger partial charge in [0.1, 0.15) is 5.84 Å². The molecule has 2 aromatic heterocycles. The molecule has 2 heterocycles. The molecule has 3 N–H and O–H groups in total. The maximum atomic E-state index is 8.53. The van der Waals surface area contributed by atoms with Crippen molar-refractivity contribution in [3.05, 3.63) is 35.9 Å². The molecule has 5 nitrogen and oxygen atoms in total. The number of imidazole rings is 1. The van der Waals surface area contributed by atoms with Crippen LogP contribution in [0, 0.1) is 6.92 Å². The zero-order valence-corrected chi connectivity index (χ0v) is 8.38. The lowest BCUT2D eigenvalue weighted by Crippen LogP contribution is -2.15. The fourth-order valence-corrected chi connectivity index (χ4v) is 1.67. The quantitative estimate of drug-likeness (QED) is 0.331. The molecule has 0 fully saturated rings. The number of amidine groups is 1. The second-order valence-corrected chi connectivity index (χ2v) is 3.39. The van der Waals surface area contributed by atoms with E-state index in [-0.39, 0.29) is 5.84 Å². The van der Waals surface area contributed by atoms with Crippen molar-refractivity contribution in [1.82, 2.24) is 9.38 Å². The van der Waals surface area contributed by atoms with Crippen LogP contribution in [0.3, 0.4) is 0 Å². The van der Waals surface area contributed by atoms with Gasteiger partial charge in [0.25, 0.3) is 0 Å². The van der Waals surface area contributed by atoms with Gasteiger partial charge in [0.05, 0.1) is 17.5 Å². The molecule has 0 spiro atoms. The Morgan fingerprint density at radius 1 is 1.67 bits per heavy atom. The number of fused-ring (bicyclic) bond motifs is 1. The molecule has 5 heteroatoms. The minimum absolute atomic E-state index is 0.198. The number of aryl methyl sites for hydroxylation is 1. The summed E-state index contributed by atoms with van der Waals surface area (Å²) in [6.45, 7) is 1.94. The summed E-state index contributed by atoms with van der Waals surface area (Å²) in [4.78, 5) is 4.21. The fraction of sp³-hybridized carbons (Fsp3) is 0.200. The smallest absolute Gasteiger partial charge is 0.143 e. The van der Waals surface area contributed by atoms with Crippen molar-refractivity contribution in [3.63, 3.8) is 0 Å². The van der Waals surface area contributed by atoms with Gasteiger partial charge in [0.2, 0.25) is 0 Å². The second-order valence-electron chi connectivity index (χ2n) is 3.39. The third kappa shape index (κ3) is 1.63. The Hall–Kier alpha value is -2.04. The Labute approximate surface area is 86.8 Å². The Bertz CT molecular complexity index is 515. The number of nitrogens with zero attached hydrogens (tertiary/aromatic N) is 3. The lowest BCUT2D eigenvalue weighted by atomic mass is 10.1. The SMILES string of the molecule is Cc1ncn2cccc(C/C(N)=N/O)c12. The van der Waals surface area contributed by atoms with Crippen molar-refractivity contribution < 1.29 is 5.21 Å². The van der Waals surface area contributed by atoms with Crippen LogP contribution >= 0.6 is 0 Å². The highest BCUT2D eigenvalue weighted by atomic mass is 16.4. The number of hydrogen-bond donors (Lipinski definition) is 2. The van der Waals surface area contributed by atoms with Crippen LogP contribution in [0.25, 0.3) is 5.52 Å². The first-order valence-corrected chi connectivity index (χ1v) is 4.60. The number of pyridine rings is 1. The van der Waals surface area contributed by atoms with Crippen molar-refractivity contribution in [1.29, 1.82) is 0 Å². The molecule has 0 aliphatic carbocycles. The van der Waals surface area contributed by atoms with Gasteiger partial charge < -0.3 is 15.3 Å². The van der Waals surface area contributed by atoms with Gasteiger partial charge in [0.15, 0.2) is 0 Å². The third-order valence-corrected chi connectivity index (χ3v) is 2.32. The highest BCUT2D eigenvalue weighted by Crippen LogP contribution is 2.14. The molecule has 0 saturated heterocycles. The van der Waals surface area contributed by atoms with E-state index in [9.17, 15) is 0 Å². The number of oxime groups is 1. The summed E-state index contributed by atoms with van der Waals surface area (Å²) >= 11 is 0. The van der Waals surface area contributed by atoms with Crippen LogP contribution in [-0.4, -0.2) is 20.4 Å². The summed E-state index contributed by atoms with van der Waals surface area (Å²) in [6, 6.07) is 3.86. The van der Waals surface area contributed by atoms with Gasteiger partial charge >= 0.3 is 0 Å². The average Bonchev–Trinajstić information content (AvgIpc) is 2.61.